The highest BCUT2D eigenvalue weighted by Crippen LogP contribution is 2.21. The number of amides is 1. The average molecular weight is 405 g/mol. The fourth-order valence-electron chi connectivity index (χ4n) is 2.41. The molecule has 0 N–H and O–H groups in total. The van der Waals surface area contributed by atoms with E-state index in [2.05, 4.69) is 20.9 Å². The van der Waals surface area contributed by atoms with Gasteiger partial charge in [-0.05, 0) is 42.8 Å². The smallest absolute Gasteiger partial charge is 0.252 e. The Morgan fingerprint density at radius 2 is 2.00 bits per heavy atom. The highest BCUT2D eigenvalue weighted by atomic mass is 79.9. The van der Waals surface area contributed by atoms with Crippen LogP contribution < -0.4 is 9.54 Å². The summed E-state index contributed by atoms with van der Waals surface area (Å²) in [6.45, 7) is 2.58. The van der Waals surface area contributed by atoms with Crippen molar-refractivity contribution in [2.45, 2.75) is 13.3 Å². The lowest BCUT2D eigenvalue weighted by Crippen LogP contribution is -2.14. The number of fused-ring (bicyclic) bond motifs is 1. The highest BCUT2D eigenvalue weighted by molar-refractivity contribution is 9.10. The van der Waals surface area contributed by atoms with Crippen molar-refractivity contribution < 1.29 is 9.53 Å². The summed E-state index contributed by atoms with van der Waals surface area (Å²) in [5.74, 6) is 0.660. The number of halogens is 1. The van der Waals surface area contributed by atoms with Crippen LogP contribution in [-0.4, -0.2) is 17.1 Å². The van der Waals surface area contributed by atoms with Crippen LogP contribution in [0.25, 0.3) is 10.2 Å². The number of aromatic nitrogens is 1. The van der Waals surface area contributed by atoms with Gasteiger partial charge in [-0.3, -0.25) is 4.79 Å². The molecule has 3 rings (SSSR count). The van der Waals surface area contributed by atoms with Crippen LogP contribution >= 0.6 is 27.3 Å². The molecule has 0 fully saturated rings. The van der Waals surface area contributed by atoms with Gasteiger partial charge < -0.3 is 9.30 Å². The van der Waals surface area contributed by atoms with Gasteiger partial charge in [-0.1, -0.05) is 39.4 Å². The largest absolute Gasteiger partial charge is 0.494 e. The van der Waals surface area contributed by atoms with E-state index in [1.807, 2.05) is 61.0 Å². The van der Waals surface area contributed by atoms with E-state index in [0.717, 1.165) is 26.0 Å². The fourth-order valence-corrected chi connectivity index (χ4v) is 3.99. The van der Waals surface area contributed by atoms with E-state index in [1.54, 1.807) is 0 Å². The number of hydrogen-bond acceptors (Lipinski definition) is 3. The Morgan fingerprint density at radius 1 is 1.25 bits per heavy atom. The van der Waals surface area contributed by atoms with E-state index < -0.39 is 0 Å². The lowest BCUT2D eigenvalue weighted by molar-refractivity contribution is -0.117. The molecule has 0 spiro atoms. The monoisotopic (exact) mass is 404 g/mol. The second-order valence-electron chi connectivity index (χ2n) is 5.31. The summed E-state index contributed by atoms with van der Waals surface area (Å²) in [6, 6.07) is 13.6. The molecule has 1 heterocycles. The molecule has 0 aliphatic rings. The Kier molecular flexibility index (Phi) is 5.16. The van der Waals surface area contributed by atoms with E-state index >= 15 is 0 Å². The molecule has 24 heavy (non-hydrogen) atoms. The quantitative estimate of drug-likeness (QED) is 0.657. The van der Waals surface area contributed by atoms with Gasteiger partial charge in [0.25, 0.3) is 5.91 Å². The van der Waals surface area contributed by atoms with Crippen molar-refractivity contribution >= 4 is 43.4 Å². The van der Waals surface area contributed by atoms with Crippen LogP contribution in [0.3, 0.4) is 0 Å². The van der Waals surface area contributed by atoms with Gasteiger partial charge in [0.2, 0.25) is 0 Å². The first-order valence-corrected chi connectivity index (χ1v) is 9.22. The first kappa shape index (κ1) is 16.9. The molecule has 0 aliphatic heterocycles. The second kappa shape index (κ2) is 7.32. The van der Waals surface area contributed by atoms with Gasteiger partial charge in [-0.15, -0.1) is 0 Å². The van der Waals surface area contributed by atoms with Crippen molar-refractivity contribution in [1.29, 1.82) is 0 Å². The molecule has 3 aromatic rings. The number of aryl methyl sites for hydroxylation is 1. The SMILES string of the molecule is CCOc1ccc(CC(=O)N=c2sc3cc(Br)ccc3n2C)cc1. The third-order valence-electron chi connectivity index (χ3n) is 3.58. The van der Waals surface area contributed by atoms with Crippen LogP contribution in [0.1, 0.15) is 12.5 Å². The molecule has 0 saturated heterocycles. The number of thiazole rings is 1. The zero-order chi connectivity index (χ0) is 17.1. The van der Waals surface area contributed by atoms with Gasteiger partial charge in [-0.25, -0.2) is 0 Å². The molecule has 0 atom stereocenters. The molecule has 0 saturated carbocycles. The normalized spacial score (nSPS) is 11.9. The van der Waals surface area contributed by atoms with E-state index in [-0.39, 0.29) is 12.3 Å². The average Bonchev–Trinajstić information content (AvgIpc) is 2.85. The Hall–Kier alpha value is -1.92. The summed E-state index contributed by atoms with van der Waals surface area (Å²) in [5.41, 5.74) is 1.99. The molecule has 0 unspecified atom stereocenters. The van der Waals surface area contributed by atoms with Crippen molar-refractivity contribution in [2.24, 2.45) is 12.0 Å². The minimum atomic E-state index is -0.152. The molecule has 2 aromatic carbocycles. The maximum atomic E-state index is 12.3. The second-order valence-corrected chi connectivity index (χ2v) is 7.24. The predicted molar refractivity (Wildman–Crippen MR) is 100 cm³/mol. The molecule has 0 aliphatic carbocycles. The number of nitrogens with zero attached hydrogens (tertiary/aromatic N) is 2. The van der Waals surface area contributed by atoms with E-state index in [9.17, 15) is 4.79 Å². The van der Waals surface area contributed by atoms with E-state index in [4.69, 9.17) is 4.74 Å². The molecule has 0 radical (unpaired) electrons. The topological polar surface area (TPSA) is 43.6 Å². The van der Waals surface area contributed by atoms with Crippen molar-refractivity contribution in [2.75, 3.05) is 6.61 Å². The number of benzene rings is 2. The Morgan fingerprint density at radius 3 is 2.71 bits per heavy atom. The maximum absolute atomic E-state index is 12.3. The van der Waals surface area contributed by atoms with Crippen LogP contribution in [0.15, 0.2) is 51.9 Å². The molecule has 4 nitrogen and oxygen atoms in total. The first-order valence-electron chi connectivity index (χ1n) is 7.61. The third-order valence-corrected chi connectivity index (χ3v) is 5.17. The maximum Gasteiger partial charge on any atom is 0.252 e. The summed E-state index contributed by atoms with van der Waals surface area (Å²) in [7, 11) is 1.93. The van der Waals surface area contributed by atoms with Crippen molar-refractivity contribution in [3.8, 4) is 5.75 Å². The lowest BCUT2D eigenvalue weighted by atomic mass is 10.1. The van der Waals surface area contributed by atoms with Crippen LogP contribution in [0.2, 0.25) is 0 Å². The van der Waals surface area contributed by atoms with Gasteiger partial charge in [0.05, 0.1) is 23.2 Å². The fraction of sp³-hybridized carbons (Fsp3) is 0.222. The van der Waals surface area contributed by atoms with E-state index in [0.29, 0.717) is 11.4 Å². The number of carbonyl (C=O) groups is 1. The Bertz CT molecular complexity index is 942. The molecule has 124 valence electrons. The van der Waals surface area contributed by atoms with Gasteiger partial charge in [0.15, 0.2) is 4.80 Å². The molecule has 1 amide bonds. The number of carbonyl (C=O) groups excluding carboxylic acids is 1. The summed E-state index contributed by atoms with van der Waals surface area (Å²) in [4.78, 5) is 17.3. The van der Waals surface area contributed by atoms with Crippen LogP contribution in [0.5, 0.6) is 5.75 Å². The third kappa shape index (κ3) is 3.76. The van der Waals surface area contributed by atoms with Crippen LogP contribution in [-0.2, 0) is 18.3 Å². The molecular weight excluding hydrogens is 388 g/mol. The van der Waals surface area contributed by atoms with Gasteiger partial charge >= 0.3 is 0 Å². The molecular formula is C18H17BrN2O2S. The van der Waals surface area contributed by atoms with Gasteiger partial charge in [0.1, 0.15) is 5.75 Å². The summed E-state index contributed by atoms with van der Waals surface area (Å²) in [6.07, 6.45) is 0.282. The van der Waals surface area contributed by atoms with Gasteiger partial charge in [0, 0.05) is 11.5 Å². The summed E-state index contributed by atoms with van der Waals surface area (Å²) < 4.78 is 9.47. The van der Waals surface area contributed by atoms with Gasteiger partial charge in [-0.2, -0.15) is 4.99 Å². The minimum absolute atomic E-state index is 0.152. The number of rotatable bonds is 4. The summed E-state index contributed by atoms with van der Waals surface area (Å²) in [5, 5.41) is 0. The standard InChI is InChI=1S/C18H17BrN2O2S/c1-3-23-14-7-4-12(5-8-14)10-17(22)20-18-21(2)15-9-6-13(19)11-16(15)24-18/h4-9,11H,3,10H2,1-2H3. The van der Waals surface area contributed by atoms with Crippen molar-refractivity contribution in [1.82, 2.24) is 4.57 Å². The van der Waals surface area contributed by atoms with Crippen molar-refractivity contribution in [3.63, 3.8) is 0 Å². The predicted octanol–water partition coefficient (Wildman–Crippen LogP) is 4.07. The molecule has 1 aromatic heterocycles. The van der Waals surface area contributed by atoms with Crippen molar-refractivity contribution in [3.05, 3.63) is 57.3 Å². The molecule has 6 heteroatoms. The minimum Gasteiger partial charge on any atom is -0.494 e. The zero-order valence-corrected chi connectivity index (χ0v) is 15.9. The molecule has 0 bridgehead atoms. The zero-order valence-electron chi connectivity index (χ0n) is 13.5. The van der Waals surface area contributed by atoms with E-state index in [1.165, 1.54) is 11.3 Å². The van der Waals surface area contributed by atoms with Crippen LogP contribution in [0.4, 0.5) is 0 Å². The highest BCUT2D eigenvalue weighted by Gasteiger charge is 2.07. The lowest BCUT2D eigenvalue weighted by Gasteiger charge is -2.03. The number of hydrogen-bond donors (Lipinski definition) is 0. The van der Waals surface area contributed by atoms with Crippen LogP contribution in [0, 0.1) is 0 Å². The number of ether oxygens (including phenoxy) is 1. The Labute approximate surface area is 152 Å². The first-order chi connectivity index (χ1) is 11.6. The Balaban J connectivity index is 1.83. The summed E-state index contributed by atoms with van der Waals surface area (Å²) >= 11 is 4.98.